The SMILES string of the molecule is COc1ccccc1-c1nc(C2CCN(C(=O)NCCC(=O)O)CC2)no1. The fourth-order valence-electron chi connectivity index (χ4n) is 3.06. The van der Waals surface area contributed by atoms with Crippen molar-refractivity contribution in [2.24, 2.45) is 0 Å². The minimum absolute atomic E-state index is 0.0865. The van der Waals surface area contributed by atoms with Gasteiger partial charge in [0.05, 0.1) is 19.1 Å². The molecule has 2 amide bonds. The van der Waals surface area contributed by atoms with Crippen LogP contribution in [0.25, 0.3) is 11.5 Å². The van der Waals surface area contributed by atoms with Crippen molar-refractivity contribution in [3.8, 4) is 17.2 Å². The first-order valence-electron chi connectivity index (χ1n) is 8.80. The van der Waals surface area contributed by atoms with Crippen LogP contribution < -0.4 is 10.1 Å². The number of carboxylic acid groups (broad SMARTS) is 1. The molecule has 0 spiro atoms. The lowest BCUT2D eigenvalue weighted by Gasteiger charge is -2.30. The van der Waals surface area contributed by atoms with Crippen molar-refractivity contribution >= 4 is 12.0 Å². The molecule has 9 heteroatoms. The molecule has 0 radical (unpaired) electrons. The lowest BCUT2D eigenvalue weighted by atomic mass is 9.96. The number of benzene rings is 1. The Bertz CT molecular complexity index is 799. The smallest absolute Gasteiger partial charge is 0.317 e. The van der Waals surface area contributed by atoms with Gasteiger partial charge in [-0.05, 0) is 25.0 Å². The summed E-state index contributed by atoms with van der Waals surface area (Å²) in [4.78, 5) is 28.7. The number of carboxylic acids is 1. The number of aromatic nitrogens is 2. The topological polar surface area (TPSA) is 118 Å². The average molecular weight is 374 g/mol. The van der Waals surface area contributed by atoms with Gasteiger partial charge in [0.25, 0.3) is 5.89 Å². The molecule has 0 saturated carbocycles. The summed E-state index contributed by atoms with van der Waals surface area (Å²) in [6.07, 6.45) is 1.35. The Labute approximate surface area is 156 Å². The van der Waals surface area contributed by atoms with E-state index in [1.807, 2.05) is 24.3 Å². The second-order valence-electron chi connectivity index (χ2n) is 6.30. The van der Waals surface area contributed by atoms with E-state index in [2.05, 4.69) is 15.5 Å². The normalized spacial score (nSPS) is 14.8. The van der Waals surface area contributed by atoms with Crippen LogP contribution in [0.15, 0.2) is 28.8 Å². The molecule has 144 valence electrons. The van der Waals surface area contributed by atoms with E-state index < -0.39 is 5.97 Å². The predicted octanol–water partition coefficient (Wildman–Crippen LogP) is 2.11. The molecule has 1 aromatic heterocycles. The molecule has 0 unspecified atom stereocenters. The Kier molecular flexibility index (Phi) is 5.90. The quantitative estimate of drug-likeness (QED) is 0.795. The molecule has 1 fully saturated rings. The van der Waals surface area contributed by atoms with Crippen LogP contribution in [0.3, 0.4) is 0 Å². The number of urea groups is 1. The summed E-state index contributed by atoms with van der Waals surface area (Å²) in [5, 5.41) is 15.3. The van der Waals surface area contributed by atoms with Gasteiger partial charge in [0, 0.05) is 25.6 Å². The number of nitrogens with one attached hydrogen (secondary N) is 1. The maximum atomic E-state index is 12.0. The Balaban J connectivity index is 1.57. The summed E-state index contributed by atoms with van der Waals surface area (Å²) >= 11 is 0. The van der Waals surface area contributed by atoms with Crippen LogP contribution in [0.4, 0.5) is 4.79 Å². The van der Waals surface area contributed by atoms with E-state index in [1.165, 1.54) is 0 Å². The highest BCUT2D eigenvalue weighted by molar-refractivity contribution is 5.75. The van der Waals surface area contributed by atoms with Crippen LogP contribution in [0.1, 0.15) is 31.0 Å². The number of carbonyl (C=O) groups excluding carboxylic acids is 1. The van der Waals surface area contributed by atoms with Gasteiger partial charge in [-0.1, -0.05) is 17.3 Å². The van der Waals surface area contributed by atoms with Crippen LogP contribution in [0.5, 0.6) is 5.75 Å². The maximum Gasteiger partial charge on any atom is 0.317 e. The van der Waals surface area contributed by atoms with Crippen molar-refractivity contribution in [3.63, 3.8) is 0 Å². The number of hydrogen-bond acceptors (Lipinski definition) is 6. The highest BCUT2D eigenvalue weighted by atomic mass is 16.5. The number of likely N-dealkylation sites (tertiary alicyclic amines) is 1. The lowest BCUT2D eigenvalue weighted by Crippen LogP contribution is -2.44. The number of piperidine rings is 1. The van der Waals surface area contributed by atoms with E-state index in [9.17, 15) is 9.59 Å². The first-order valence-corrected chi connectivity index (χ1v) is 8.80. The maximum absolute atomic E-state index is 12.0. The van der Waals surface area contributed by atoms with Crippen molar-refractivity contribution in [1.82, 2.24) is 20.4 Å². The lowest BCUT2D eigenvalue weighted by molar-refractivity contribution is -0.136. The van der Waals surface area contributed by atoms with Crippen molar-refractivity contribution in [2.45, 2.75) is 25.2 Å². The number of amides is 2. The monoisotopic (exact) mass is 374 g/mol. The van der Waals surface area contributed by atoms with Gasteiger partial charge in [-0.2, -0.15) is 4.98 Å². The summed E-state index contributed by atoms with van der Waals surface area (Å²) in [5.74, 6) is 0.885. The Morgan fingerprint density at radius 2 is 2.07 bits per heavy atom. The van der Waals surface area contributed by atoms with Gasteiger partial charge in [0.2, 0.25) is 0 Å². The number of ether oxygens (including phenoxy) is 1. The van der Waals surface area contributed by atoms with E-state index in [1.54, 1.807) is 12.0 Å². The van der Waals surface area contributed by atoms with Gasteiger partial charge in [-0.3, -0.25) is 4.79 Å². The van der Waals surface area contributed by atoms with Gasteiger partial charge < -0.3 is 24.6 Å². The van der Waals surface area contributed by atoms with Gasteiger partial charge in [0.15, 0.2) is 5.82 Å². The third kappa shape index (κ3) is 4.55. The summed E-state index contributed by atoms with van der Waals surface area (Å²) in [6, 6.07) is 7.21. The predicted molar refractivity (Wildman–Crippen MR) is 95.5 cm³/mol. The minimum atomic E-state index is -0.933. The molecular formula is C18H22N4O5. The zero-order chi connectivity index (χ0) is 19.2. The van der Waals surface area contributed by atoms with E-state index in [4.69, 9.17) is 14.4 Å². The van der Waals surface area contributed by atoms with E-state index in [0.717, 1.165) is 18.4 Å². The van der Waals surface area contributed by atoms with Gasteiger partial charge in [0.1, 0.15) is 5.75 Å². The number of hydrogen-bond donors (Lipinski definition) is 2. The van der Waals surface area contributed by atoms with E-state index in [-0.39, 0.29) is 24.9 Å². The number of aliphatic carboxylic acids is 1. The van der Waals surface area contributed by atoms with Crippen LogP contribution in [0.2, 0.25) is 0 Å². The molecule has 0 bridgehead atoms. The molecule has 0 aliphatic carbocycles. The Morgan fingerprint density at radius 1 is 1.33 bits per heavy atom. The van der Waals surface area contributed by atoms with Crippen LogP contribution in [0, 0.1) is 0 Å². The highest BCUT2D eigenvalue weighted by Gasteiger charge is 2.27. The molecule has 2 aromatic rings. The third-order valence-corrected chi connectivity index (χ3v) is 4.54. The Hall–Kier alpha value is -3.10. The molecule has 1 aromatic carbocycles. The van der Waals surface area contributed by atoms with E-state index in [0.29, 0.717) is 30.6 Å². The van der Waals surface area contributed by atoms with Crippen molar-refractivity contribution in [2.75, 3.05) is 26.7 Å². The average Bonchev–Trinajstić information content (AvgIpc) is 3.17. The second kappa shape index (κ2) is 8.52. The third-order valence-electron chi connectivity index (χ3n) is 4.54. The number of methoxy groups -OCH3 is 1. The Morgan fingerprint density at radius 3 is 2.78 bits per heavy atom. The summed E-state index contributed by atoms with van der Waals surface area (Å²) in [7, 11) is 1.59. The minimum Gasteiger partial charge on any atom is -0.496 e. The number of para-hydroxylation sites is 1. The molecule has 0 atom stereocenters. The number of rotatable bonds is 6. The molecule has 3 rings (SSSR count). The van der Waals surface area contributed by atoms with Crippen molar-refractivity contribution < 1.29 is 24.0 Å². The van der Waals surface area contributed by atoms with Gasteiger partial charge >= 0.3 is 12.0 Å². The number of nitrogens with zero attached hydrogens (tertiary/aromatic N) is 3. The molecule has 1 aliphatic heterocycles. The van der Waals surface area contributed by atoms with Gasteiger partial charge in [-0.25, -0.2) is 4.79 Å². The zero-order valence-corrected chi connectivity index (χ0v) is 15.1. The van der Waals surface area contributed by atoms with Crippen LogP contribution >= 0.6 is 0 Å². The number of carbonyl (C=O) groups is 2. The second-order valence-corrected chi connectivity index (χ2v) is 6.30. The van der Waals surface area contributed by atoms with Crippen molar-refractivity contribution in [1.29, 1.82) is 0 Å². The molecule has 9 nitrogen and oxygen atoms in total. The molecular weight excluding hydrogens is 352 g/mol. The van der Waals surface area contributed by atoms with Crippen LogP contribution in [-0.2, 0) is 4.79 Å². The van der Waals surface area contributed by atoms with Crippen LogP contribution in [-0.4, -0.2) is 58.9 Å². The molecule has 2 heterocycles. The fraction of sp³-hybridized carbons (Fsp3) is 0.444. The summed E-state index contributed by atoms with van der Waals surface area (Å²) < 4.78 is 10.7. The van der Waals surface area contributed by atoms with Gasteiger partial charge in [-0.15, -0.1) is 0 Å². The summed E-state index contributed by atoms with van der Waals surface area (Å²) in [6.45, 7) is 1.24. The highest BCUT2D eigenvalue weighted by Crippen LogP contribution is 2.31. The molecule has 27 heavy (non-hydrogen) atoms. The molecule has 2 N–H and O–H groups in total. The fourth-order valence-corrected chi connectivity index (χ4v) is 3.06. The largest absolute Gasteiger partial charge is 0.496 e. The first kappa shape index (κ1) is 18.7. The molecule has 1 aliphatic rings. The summed E-state index contributed by atoms with van der Waals surface area (Å²) in [5.41, 5.74) is 0.744. The van der Waals surface area contributed by atoms with Crippen molar-refractivity contribution in [3.05, 3.63) is 30.1 Å². The standard InChI is InChI=1S/C18H22N4O5/c1-26-14-5-3-2-4-13(14)17-20-16(21-27-17)12-7-10-22(11-8-12)18(25)19-9-6-15(23)24/h2-5,12H,6-11H2,1H3,(H,19,25)(H,23,24). The molecule has 1 saturated heterocycles. The first-order chi connectivity index (χ1) is 13.1. The zero-order valence-electron chi connectivity index (χ0n) is 15.1. The van der Waals surface area contributed by atoms with E-state index >= 15 is 0 Å².